The Morgan fingerprint density at radius 3 is 2.55 bits per heavy atom. The fourth-order valence-electron chi connectivity index (χ4n) is 7.09. The number of rotatable bonds is 9. The molecule has 2 aliphatic rings. The Morgan fingerprint density at radius 1 is 1.00 bits per heavy atom. The van der Waals surface area contributed by atoms with Crippen LogP contribution in [0.5, 0.6) is 0 Å². The van der Waals surface area contributed by atoms with Gasteiger partial charge in [0.1, 0.15) is 13.0 Å². The van der Waals surface area contributed by atoms with E-state index in [0.717, 1.165) is 86.4 Å². The second-order valence-corrected chi connectivity index (χ2v) is 17.8. The molecule has 0 atom stereocenters. The standard InChI is InChI=1S/C36H41BrN9O3PS/c1-44-22-23(19-40-44)26-17-30(27(35(47)51)18-32(26)46-12-9-24(10-13-46)45-11-6-15-49-16-14-45)42-36-39-20-28(37)34(43-36)41-31-21-38-29-8-5-4-7-25(29)33(31)50(2,3)48/h4-5,7-8,17-22,24H,6,9-16H2,1-3H3,(H,47,51)(H2,39,41,42,43). The molecular weight excluding hydrogens is 749 g/mol. The van der Waals surface area contributed by atoms with Crippen molar-refractivity contribution in [2.75, 3.05) is 68.3 Å². The molecule has 51 heavy (non-hydrogen) atoms. The summed E-state index contributed by atoms with van der Waals surface area (Å²) in [5, 5.41) is 12.2. The van der Waals surface area contributed by atoms with Crippen molar-refractivity contribution in [2.45, 2.75) is 25.3 Å². The lowest BCUT2D eigenvalue weighted by Gasteiger charge is -2.39. The summed E-state index contributed by atoms with van der Waals surface area (Å²) in [6.07, 6.45) is 10.2. The number of carbonyl (C=O) groups is 1. The van der Waals surface area contributed by atoms with Gasteiger partial charge in [-0.15, -0.1) is 12.6 Å². The molecule has 0 saturated carbocycles. The van der Waals surface area contributed by atoms with E-state index in [1.54, 1.807) is 30.4 Å². The lowest BCUT2D eigenvalue weighted by molar-refractivity contribution is 0.109. The highest BCUT2D eigenvalue weighted by Gasteiger charge is 2.28. The summed E-state index contributed by atoms with van der Waals surface area (Å²) in [6, 6.07) is 12.0. The summed E-state index contributed by atoms with van der Waals surface area (Å²) < 4.78 is 21.6. The molecule has 15 heteroatoms. The number of piperidine rings is 1. The summed E-state index contributed by atoms with van der Waals surface area (Å²) in [7, 11) is -0.851. The van der Waals surface area contributed by atoms with E-state index >= 15 is 0 Å². The molecule has 0 bridgehead atoms. The van der Waals surface area contributed by atoms with Crippen LogP contribution in [0.2, 0.25) is 0 Å². The van der Waals surface area contributed by atoms with E-state index in [9.17, 15) is 9.36 Å². The van der Waals surface area contributed by atoms with Crippen molar-refractivity contribution in [3.63, 3.8) is 0 Å². The first-order valence-corrected chi connectivity index (χ1v) is 20.9. The molecular formula is C36H41BrN9O3PS. The number of pyridine rings is 1. The molecule has 0 spiro atoms. The zero-order valence-corrected chi connectivity index (χ0v) is 32.2. The van der Waals surface area contributed by atoms with Gasteiger partial charge < -0.3 is 24.8 Å². The monoisotopic (exact) mass is 789 g/mol. The van der Waals surface area contributed by atoms with Crippen molar-refractivity contribution in [3.05, 3.63) is 71.2 Å². The molecule has 5 aromatic rings. The fourth-order valence-corrected chi connectivity index (χ4v) is 9.02. The topological polar surface area (TPSA) is 130 Å². The second kappa shape index (κ2) is 15.0. The van der Waals surface area contributed by atoms with Crippen LogP contribution in [0.15, 0.2) is 65.7 Å². The number of hydrogen-bond acceptors (Lipinski definition) is 11. The van der Waals surface area contributed by atoms with E-state index in [4.69, 9.17) is 9.72 Å². The maximum atomic E-state index is 13.5. The number of aromatic nitrogens is 5. The number of carbonyl (C=O) groups excluding carboxylic acids is 1. The van der Waals surface area contributed by atoms with E-state index in [0.29, 0.717) is 38.6 Å². The predicted octanol–water partition coefficient (Wildman–Crippen LogP) is 6.68. The molecule has 0 aliphatic carbocycles. The summed E-state index contributed by atoms with van der Waals surface area (Å²) in [6.45, 7) is 8.87. The molecule has 5 heterocycles. The van der Waals surface area contributed by atoms with Crippen LogP contribution in [-0.4, -0.2) is 93.5 Å². The van der Waals surface area contributed by atoms with Gasteiger partial charge in [0.2, 0.25) is 11.1 Å². The van der Waals surface area contributed by atoms with Gasteiger partial charge in [-0.25, -0.2) is 4.98 Å². The molecule has 0 unspecified atom stereocenters. The van der Waals surface area contributed by atoms with Gasteiger partial charge in [0, 0.05) is 85.8 Å². The Morgan fingerprint density at radius 2 is 1.80 bits per heavy atom. The van der Waals surface area contributed by atoms with E-state index < -0.39 is 7.14 Å². The van der Waals surface area contributed by atoms with Gasteiger partial charge in [-0.05, 0) is 66.7 Å². The third-order valence-corrected chi connectivity index (χ3v) is 11.9. The highest BCUT2D eigenvalue weighted by atomic mass is 79.9. The second-order valence-electron chi connectivity index (χ2n) is 13.4. The fraction of sp³-hybridized carbons (Fsp3) is 0.361. The van der Waals surface area contributed by atoms with Crippen molar-refractivity contribution in [3.8, 4) is 11.1 Å². The summed E-state index contributed by atoms with van der Waals surface area (Å²) >= 11 is 7.87. The Hall–Kier alpha value is -3.81. The molecule has 2 aliphatic heterocycles. The zero-order chi connectivity index (χ0) is 35.7. The van der Waals surface area contributed by atoms with Crippen molar-refractivity contribution in [1.82, 2.24) is 29.6 Å². The van der Waals surface area contributed by atoms with Crippen molar-refractivity contribution in [1.29, 1.82) is 0 Å². The molecule has 0 radical (unpaired) electrons. The number of anilines is 5. The minimum Gasteiger partial charge on any atom is -0.380 e. The van der Waals surface area contributed by atoms with Crippen LogP contribution in [0.1, 0.15) is 29.6 Å². The van der Waals surface area contributed by atoms with Gasteiger partial charge in [-0.2, -0.15) is 10.1 Å². The van der Waals surface area contributed by atoms with E-state index in [1.807, 2.05) is 55.8 Å². The zero-order valence-electron chi connectivity index (χ0n) is 28.8. The smallest absolute Gasteiger partial charge is 0.229 e. The minimum atomic E-state index is -2.74. The third kappa shape index (κ3) is 7.85. The van der Waals surface area contributed by atoms with Crippen molar-refractivity contribution in [2.24, 2.45) is 7.05 Å². The van der Waals surface area contributed by atoms with E-state index in [2.05, 4.69) is 64.1 Å². The summed E-state index contributed by atoms with van der Waals surface area (Å²) in [4.78, 5) is 31.9. The highest BCUT2D eigenvalue weighted by molar-refractivity contribution is 9.10. The molecule has 12 nitrogen and oxygen atoms in total. The molecule has 2 saturated heterocycles. The molecule has 2 N–H and O–H groups in total. The minimum absolute atomic E-state index is 0.259. The number of ether oxygens (including phenoxy) is 1. The van der Waals surface area contributed by atoms with Crippen LogP contribution in [-0.2, 0) is 16.3 Å². The first-order valence-electron chi connectivity index (χ1n) is 17.0. The summed E-state index contributed by atoms with van der Waals surface area (Å²) in [5.74, 6) is 0.705. The first kappa shape index (κ1) is 35.6. The van der Waals surface area contributed by atoms with Crippen molar-refractivity contribution >= 4 is 85.9 Å². The maximum Gasteiger partial charge on any atom is 0.229 e. The van der Waals surface area contributed by atoms with E-state index in [1.165, 1.54) is 0 Å². The summed E-state index contributed by atoms with van der Waals surface area (Å²) in [5.41, 5.74) is 5.11. The van der Waals surface area contributed by atoms with E-state index in [-0.39, 0.29) is 11.1 Å². The van der Waals surface area contributed by atoms with Gasteiger partial charge in [-0.3, -0.25) is 19.4 Å². The van der Waals surface area contributed by atoms with Gasteiger partial charge >= 0.3 is 0 Å². The number of benzene rings is 2. The van der Waals surface area contributed by atoms with Crippen LogP contribution >= 0.6 is 35.7 Å². The van der Waals surface area contributed by atoms with Crippen LogP contribution in [0.3, 0.4) is 0 Å². The molecule has 266 valence electrons. The molecule has 0 amide bonds. The number of hydrogen-bond donors (Lipinski definition) is 3. The molecule has 3 aromatic heterocycles. The number of halogens is 1. The lowest BCUT2D eigenvalue weighted by atomic mass is 9.97. The first-order chi connectivity index (χ1) is 24.5. The van der Waals surface area contributed by atoms with Crippen molar-refractivity contribution < 1.29 is 14.1 Å². The number of thiol groups is 1. The SMILES string of the molecule is Cn1cc(-c2cc(Nc3ncc(Br)c(Nc4cnc5ccccc5c4P(C)(C)=O)n3)c(C(=O)S)cc2N2CCC(N3CCCOCC3)CC2)cn1. The predicted molar refractivity (Wildman–Crippen MR) is 211 cm³/mol. The third-order valence-electron chi connectivity index (χ3n) is 9.49. The van der Waals surface area contributed by atoms with Gasteiger partial charge in [0.05, 0.1) is 45.9 Å². The quantitative estimate of drug-likeness (QED) is 0.109. The van der Waals surface area contributed by atoms with Gasteiger partial charge in [0.25, 0.3) is 0 Å². The number of para-hydroxylation sites is 1. The number of nitrogens with zero attached hydrogens (tertiary/aromatic N) is 7. The normalized spacial score (nSPS) is 16.3. The number of fused-ring (bicyclic) bond motifs is 1. The Labute approximate surface area is 311 Å². The Kier molecular flexibility index (Phi) is 10.5. The largest absolute Gasteiger partial charge is 0.380 e. The average molecular weight is 791 g/mol. The Balaban J connectivity index is 1.21. The number of nitrogens with one attached hydrogen (secondary N) is 2. The highest BCUT2D eigenvalue weighted by Crippen LogP contribution is 2.42. The van der Waals surface area contributed by atoms with Crippen LogP contribution < -0.4 is 20.8 Å². The lowest BCUT2D eigenvalue weighted by Crippen LogP contribution is -2.46. The van der Waals surface area contributed by atoms with Crippen LogP contribution in [0.25, 0.3) is 22.0 Å². The van der Waals surface area contributed by atoms with Crippen LogP contribution in [0, 0.1) is 0 Å². The van der Waals surface area contributed by atoms with Gasteiger partial charge in [-0.1, -0.05) is 18.2 Å². The Bertz CT molecular complexity index is 2120. The number of aryl methyl sites for hydroxylation is 1. The molecule has 2 aromatic carbocycles. The average Bonchev–Trinajstić information content (AvgIpc) is 3.36. The maximum absolute atomic E-state index is 13.5. The van der Waals surface area contributed by atoms with Gasteiger partial charge in [0.15, 0.2) is 0 Å². The molecule has 7 rings (SSSR count). The molecule has 2 fully saturated rings. The van der Waals surface area contributed by atoms with Crippen LogP contribution in [0.4, 0.5) is 28.8 Å².